The van der Waals surface area contributed by atoms with Crippen LogP contribution in [0.1, 0.15) is 33.3 Å². The number of nitrogens with one attached hydrogen (secondary N) is 1. The minimum atomic E-state index is -0.134. The van der Waals surface area contributed by atoms with E-state index in [0.29, 0.717) is 17.8 Å². The molecule has 1 aliphatic rings. The number of nitrogens with zero attached hydrogens (tertiary/aromatic N) is 2. The van der Waals surface area contributed by atoms with Crippen molar-refractivity contribution in [1.82, 2.24) is 9.88 Å². The lowest BCUT2D eigenvalue weighted by Gasteiger charge is -2.29. The number of ether oxygens (including phenoxy) is 1. The van der Waals surface area contributed by atoms with Gasteiger partial charge in [0.25, 0.3) is 5.91 Å². The Morgan fingerprint density at radius 2 is 1.88 bits per heavy atom. The van der Waals surface area contributed by atoms with E-state index in [1.165, 1.54) is 12.6 Å². The Bertz CT molecular complexity index is 746. The van der Waals surface area contributed by atoms with E-state index in [2.05, 4.69) is 22.0 Å². The molecular weight excluding hydrogens is 318 g/mol. The van der Waals surface area contributed by atoms with Gasteiger partial charge in [0.15, 0.2) is 5.78 Å². The Morgan fingerprint density at radius 3 is 2.48 bits per heavy atom. The van der Waals surface area contributed by atoms with Crippen LogP contribution in [0.3, 0.4) is 0 Å². The molecule has 0 spiro atoms. The fourth-order valence-electron chi connectivity index (χ4n) is 2.91. The minimum absolute atomic E-state index is 0.0587. The predicted molar refractivity (Wildman–Crippen MR) is 96.1 cm³/mol. The number of carbonyl (C=O) groups is 2. The molecule has 2 heterocycles. The molecule has 1 fully saturated rings. The number of amides is 1. The van der Waals surface area contributed by atoms with E-state index < -0.39 is 0 Å². The lowest BCUT2D eigenvalue weighted by molar-refractivity contribution is 0.0780. The lowest BCUT2D eigenvalue weighted by atomic mass is 10.1. The van der Waals surface area contributed by atoms with Crippen LogP contribution in [0.4, 0.5) is 5.69 Å². The van der Waals surface area contributed by atoms with E-state index in [9.17, 15) is 9.59 Å². The maximum atomic E-state index is 12.5. The van der Waals surface area contributed by atoms with Crippen LogP contribution in [0.2, 0.25) is 0 Å². The number of hydrogen-bond donors (Lipinski definition) is 1. The first-order valence-electron chi connectivity index (χ1n) is 8.41. The van der Waals surface area contributed by atoms with Crippen LogP contribution >= 0.6 is 0 Å². The molecule has 132 valence electrons. The zero-order valence-electron chi connectivity index (χ0n) is 14.6. The highest BCUT2D eigenvalue weighted by atomic mass is 16.5. The number of aromatic amines is 1. The van der Waals surface area contributed by atoms with Crippen molar-refractivity contribution < 1.29 is 14.3 Å². The average Bonchev–Trinajstić information content (AvgIpc) is 3.13. The van der Waals surface area contributed by atoms with E-state index in [4.69, 9.17) is 4.74 Å². The Balaban J connectivity index is 1.62. The quantitative estimate of drug-likeness (QED) is 0.848. The molecule has 25 heavy (non-hydrogen) atoms. The Morgan fingerprint density at radius 1 is 1.20 bits per heavy atom. The topological polar surface area (TPSA) is 65.6 Å². The van der Waals surface area contributed by atoms with Crippen molar-refractivity contribution in [3.63, 3.8) is 0 Å². The van der Waals surface area contributed by atoms with Gasteiger partial charge in [-0.2, -0.15) is 0 Å². The first-order chi connectivity index (χ1) is 12.0. The van der Waals surface area contributed by atoms with E-state index in [1.54, 1.807) is 24.2 Å². The van der Waals surface area contributed by atoms with Gasteiger partial charge in [0.2, 0.25) is 0 Å². The molecule has 3 rings (SSSR count). The van der Waals surface area contributed by atoms with Crippen molar-refractivity contribution in [2.75, 3.05) is 38.3 Å². The zero-order chi connectivity index (χ0) is 17.8. The Hall–Kier alpha value is -2.60. The number of hydrogen-bond acceptors (Lipinski definition) is 4. The first kappa shape index (κ1) is 17.2. The van der Waals surface area contributed by atoms with Crippen LogP contribution in [-0.2, 0) is 11.3 Å². The lowest BCUT2D eigenvalue weighted by Crippen LogP contribution is -2.36. The van der Waals surface area contributed by atoms with Gasteiger partial charge in [0.05, 0.1) is 13.2 Å². The summed E-state index contributed by atoms with van der Waals surface area (Å²) in [4.78, 5) is 30.6. The van der Waals surface area contributed by atoms with Crippen molar-refractivity contribution in [1.29, 1.82) is 0 Å². The second kappa shape index (κ2) is 7.53. The van der Waals surface area contributed by atoms with Crippen molar-refractivity contribution in [2.45, 2.75) is 13.5 Å². The molecule has 1 aliphatic heterocycles. The van der Waals surface area contributed by atoms with E-state index >= 15 is 0 Å². The largest absolute Gasteiger partial charge is 0.378 e. The molecule has 0 bridgehead atoms. The van der Waals surface area contributed by atoms with Crippen molar-refractivity contribution >= 4 is 17.4 Å². The SMILES string of the molecule is CC(=O)c1c[nH]c(C(=O)N(C)Cc2ccc(N3CCOCC3)cc2)c1. The Kier molecular flexibility index (Phi) is 5.19. The highest BCUT2D eigenvalue weighted by Gasteiger charge is 2.16. The van der Waals surface area contributed by atoms with Gasteiger partial charge in [0, 0.05) is 44.1 Å². The third-order valence-corrected chi connectivity index (χ3v) is 4.40. The molecule has 0 unspecified atom stereocenters. The van der Waals surface area contributed by atoms with E-state index in [1.807, 2.05) is 12.1 Å². The van der Waals surface area contributed by atoms with Gasteiger partial charge in [0.1, 0.15) is 5.69 Å². The number of morpholine rings is 1. The summed E-state index contributed by atoms with van der Waals surface area (Å²) in [5, 5.41) is 0. The molecular formula is C19H23N3O3. The standard InChI is InChI=1S/C19H23N3O3/c1-14(23)16-11-18(20-12-16)19(24)21(2)13-15-3-5-17(6-4-15)22-7-9-25-10-8-22/h3-6,11-12,20H,7-10,13H2,1-2H3. The number of ketones is 1. The highest BCUT2D eigenvalue weighted by molar-refractivity contribution is 5.98. The summed E-state index contributed by atoms with van der Waals surface area (Å²) in [7, 11) is 1.76. The second-order valence-corrected chi connectivity index (χ2v) is 6.29. The average molecular weight is 341 g/mol. The van der Waals surface area contributed by atoms with Crippen LogP contribution in [0, 0.1) is 0 Å². The molecule has 0 radical (unpaired) electrons. The third-order valence-electron chi connectivity index (χ3n) is 4.40. The van der Waals surface area contributed by atoms with Gasteiger partial charge < -0.3 is 19.5 Å². The van der Waals surface area contributed by atoms with Crippen molar-refractivity contribution in [3.05, 3.63) is 53.3 Å². The molecule has 6 nitrogen and oxygen atoms in total. The van der Waals surface area contributed by atoms with Crippen molar-refractivity contribution in [3.8, 4) is 0 Å². The van der Waals surface area contributed by atoms with Crippen molar-refractivity contribution in [2.24, 2.45) is 0 Å². The van der Waals surface area contributed by atoms with Gasteiger partial charge >= 0.3 is 0 Å². The van der Waals surface area contributed by atoms with Crippen LogP contribution in [0.25, 0.3) is 0 Å². The summed E-state index contributed by atoms with van der Waals surface area (Å²) in [6.07, 6.45) is 1.57. The molecule has 1 N–H and O–H groups in total. The molecule has 0 atom stereocenters. The molecule has 1 aromatic heterocycles. The van der Waals surface area contributed by atoms with Crippen LogP contribution in [0.5, 0.6) is 0 Å². The van der Waals surface area contributed by atoms with Crippen LogP contribution in [-0.4, -0.2) is 54.9 Å². The van der Waals surface area contributed by atoms with E-state index in [-0.39, 0.29) is 11.7 Å². The maximum Gasteiger partial charge on any atom is 0.270 e. The van der Waals surface area contributed by atoms with Gasteiger partial charge in [-0.25, -0.2) is 0 Å². The number of carbonyl (C=O) groups excluding carboxylic acids is 2. The summed E-state index contributed by atoms with van der Waals surface area (Å²) < 4.78 is 5.37. The monoisotopic (exact) mass is 341 g/mol. The molecule has 0 saturated carbocycles. The molecule has 0 aliphatic carbocycles. The summed E-state index contributed by atoms with van der Waals surface area (Å²) in [5.74, 6) is -0.193. The molecule has 1 amide bonds. The fourth-order valence-corrected chi connectivity index (χ4v) is 2.91. The van der Waals surface area contributed by atoms with Gasteiger partial charge in [-0.15, -0.1) is 0 Å². The summed E-state index contributed by atoms with van der Waals surface area (Å²) in [6.45, 7) is 5.33. The summed E-state index contributed by atoms with van der Waals surface area (Å²) in [6, 6.07) is 9.86. The normalized spacial score (nSPS) is 14.4. The number of rotatable bonds is 5. The molecule has 1 aromatic carbocycles. The molecule has 2 aromatic rings. The number of anilines is 1. The predicted octanol–water partition coefficient (Wildman–Crippen LogP) is 2.33. The second-order valence-electron chi connectivity index (χ2n) is 6.29. The zero-order valence-corrected chi connectivity index (χ0v) is 14.6. The number of aromatic nitrogens is 1. The van der Waals surface area contributed by atoms with Crippen LogP contribution in [0.15, 0.2) is 36.5 Å². The van der Waals surface area contributed by atoms with E-state index in [0.717, 1.165) is 31.9 Å². The van der Waals surface area contributed by atoms with Gasteiger partial charge in [-0.1, -0.05) is 12.1 Å². The van der Waals surface area contributed by atoms with Crippen LogP contribution < -0.4 is 4.90 Å². The number of Topliss-reactive ketones (excluding diaryl/α,β-unsaturated/α-hetero) is 1. The first-order valence-corrected chi connectivity index (χ1v) is 8.41. The Labute approximate surface area is 147 Å². The summed E-state index contributed by atoms with van der Waals surface area (Å²) >= 11 is 0. The molecule has 6 heteroatoms. The van der Waals surface area contributed by atoms with Gasteiger partial charge in [-0.3, -0.25) is 9.59 Å². The maximum absolute atomic E-state index is 12.5. The molecule has 1 saturated heterocycles. The smallest absolute Gasteiger partial charge is 0.270 e. The summed E-state index contributed by atoms with van der Waals surface area (Å²) in [5.41, 5.74) is 3.19. The highest BCUT2D eigenvalue weighted by Crippen LogP contribution is 2.18. The fraction of sp³-hybridized carbons (Fsp3) is 0.368. The minimum Gasteiger partial charge on any atom is -0.378 e. The number of benzene rings is 1. The van der Waals surface area contributed by atoms with Gasteiger partial charge in [-0.05, 0) is 30.7 Å². The third kappa shape index (κ3) is 4.09. The number of H-pyrrole nitrogens is 1.